The Morgan fingerprint density at radius 3 is 3.00 bits per heavy atom. The third kappa shape index (κ3) is 3.39. The quantitative estimate of drug-likeness (QED) is 0.604. The van der Waals surface area contributed by atoms with Crippen molar-refractivity contribution in [3.63, 3.8) is 0 Å². The zero-order chi connectivity index (χ0) is 10.2. The first-order valence-corrected chi connectivity index (χ1v) is 4.82. The van der Waals surface area contributed by atoms with E-state index in [2.05, 4.69) is 15.5 Å². The molecule has 0 bridgehead atoms. The average molecular weight is 199 g/mol. The number of hydrogen-bond acceptors (Lipinski definition) is 5. The van der Waals surface area contributed by atoms with E-state index in [1.807, 2.05) is 4.68 Å². The molecular formula is C8H17N5O. The lowest BCUT2D eigenvalue weighted by Gasteiger charge is -2.02. The highest BCUT2D eigenvalue weighted by Gasteiger charge is 2.04. The topological polar surface area (TPSA) is 78.9 Å². The molecule has 1 heterocycles. The molecule has 0 saturated carbocycles. The maximum atomic E-state index is 5.41. The van der Waals surface area contributed by atoms with Gasteiger partial charge in [0.1, 0.15) is 0 Å². The van der Waals surface area contributed by atoms with Crippen LogP contribution in [0.2, 0.25) is 0 Å². The lowest BCUT2D eigenvalue weighted by Crippen LogP contribution is -2.10. The molecule has 0 aliphatic heterocycles. The summed E-state index contributed by atoms with van der Waals surface area (Å²) in [7, 11) is 1.67. The van der Waals surface area contributed by atoms with Crippen molar-refractivity contribution in [2.45, 2.75) is 25.8 Å². The Morgan fingerprint density at radius 1 is 1.43 bits per heavy atom. The van der Waals surface area contributed by atoms with E-state index in [1.54, 1.807) is 7.11 Å². The third-order valence-electron chi connectivity index (χ3n) is 1.96. The number of rotatable bonds is 7. The number of unbranched alkanes of at least 4 members (excludes halogenated alkanes) is 1. The Bertz CT molecular complexity index is 250. The van der Waals surface area contributed by atoms with Crippen LogP contribution < -0.4 is 5.73 Å². The minimum Gasteiger partial charge on any atom is -0.384 e. The predicted molar refractivity (Wildman–Crippen MR) is 51.7 cm³/mol. The van der Waals surface area contributed by atoms with Crippen LogP contribution >= 0.6 is 0 Å². The lowest BCUT2D eigenvalue weighted by atomic mass is 10.3. The van der Waals surface area contributed by atoms with E-state index in [0.717, 1.165) is 38.2 Å². The molecule has 0 aromatic carbocycles. The number of methoxy groups -OCH3 is 1. The molecule has 2 N–H and O–H groups in total. The summed E-state index contributed by atoms with van der Waals surface area (Å²) in [5.74, 6) is 0.879. The molecule has 6 nitrogen and oxygen atoms in total. The number of aromatic nitrogens is 4. The zero-order valence-electron chi connectivity index (χ0n) is 8.52. The van der Waals surface area contributed by atoms with Crippen molar-refractivity contribution in [2.24, 2.45) is 5.73 Å². The Hall–Kier alpha value is -1.01. The molecule has 0 amide bonds. The van der Waals surface area contributed by atoms with Crippen LogP contribution in [0, 0.1) is 0 Å². The lowest BCUT2D eigenvalue weighted by molar-refractivity contribution is 0.199. The fraction of sp³-hybridized carbons (Fsp3) is 0.875. The number of nitrogens with two attached hydrogens (primary N) is 1. The fourth-order valence-electron chi connectivity index (χ4n) is 1.18. The van der Waals surface area contributed by atoms with Gasteiger partial charge in [-0.2, -0.15) is 0 Å². The largest absolute Gasteiger partial charge is 0.384 e. The molecule has 0 spiro atoms. The van der Waals surface area contributed by atoms with Crippen LogP contribution in [-0.2, 0) is 17.7 Å². The van der Waals surface area contributed by atoms with Crippen molar-refractivity contribution in [1.82, 2.24) is 20.2 Å². The second kappa shape index (κ2) is 6.44. The van der Waals surface area contributed by atoms with E-state index in [4.69, 9.17) is 10.5 Å². The van der Waals surface area contributed by atoms with Gasteiger partial charge in [-0.25, -0.2) is 4.68 Å². The van der Waals surface area contributed by atoms with Gasteiger partial charge in [-0.05, 0) is 29.8 Å². The van der Waals surface area contributed by atoms with Gasteiger partial charge in [0.15, 0.2) is 5.82 Å². The predicted octanol–water partition coefficient (Wildman–Crippen LogP) is -0.399. The van der Waals surface area contributed by atoms with E-state index < -0.39 is 0 Å². The molecule has 0 aliphatic carbocycles. The summed E-state index contributed by atoms with van der Waals surface area (Å²) in [5, 5.41) is 11.5. The van der Waals surface area contributed by atoms with Crippen molar-refractivity contribution in [2.75, 3.05) is 20.3 Å². The van der Waals surface area contributed by atoms with Crippen LogP contribution in [0.15, 0.2) is 0 Å². The maximum Gasteiger partial charge on any atom is 0.153 e. The molecule has 0 unspecified atom stereocenters. The molecule has 0 saturated heterocycles. The van der Waals surface area contributed by atoms with E-state index in [1.165, 1.54) is 0 Å². The first-order valence-electron chi connectivity index (χ1n) is 4.82. The highest BCUT2D eigenvalue weighted by molar-refractivity contribution is 4.80. The van der Waals surface area contributed by atoms with E-state index in [9.17, 15) is 0 Å². The van der Waals surface area contributed by atoms with Crippen LogP contribution in [0.1, 0.15) is 18.7 Å². The van der Waals surface area contributed by atoms with Gasteiger partial charge in [0.2, 0.25) is 0 Å². The van der Waals surface area contributed by atoms with Crippen LogP contribution in [0.3, 0.4) is 0 Å². The van der Waals surface area contributed by atoms with Crippen molar-refractivity contribution in [3.05, 3.63) is 5.82 Å². The number of nitrogens with zero attached hydrogens (tertiary/aromatic N) is 4. The Morgan fingerprint density at radius 2 is 2.29 bits per heavy atom. The standard InChI is InChI=1S/C8H17N5O/c1-14-7-4-8-10-11-12-13(8)6-3-2-5-9/h2-7,9H2,1H3. The van der Waals surface area contributed by atoms with Crippen molar-refractivity contribution in [1.29, 1.82) is 0 Å². The summed E-state index contributed by atoms with van der Waals surface area (Å²) < 4.78 is 6.78. The molecule has 1 aromatic heterocycles. The Labute approximate surface area is 83.4 Å². The van der Waals surface area contributed by atoms with Gasteiger partial charge in [-0.1, -0.05) is 0 Å². The van der Waals surface area contributed by atoms with Crippen molar-refractivity contribution < 1.29 is 4.74 Å². The minimum atomic E-state index is 0.650. The normalized spacial score (nSPS) is 10.7. The van der Waals surface area contributed by atoms with Gasteiger partial charge < -0.3 is 10.5 Å². The van der Waals surface area contributed by atoms with Crippen LogP contribution in [0.5, 0.6) is 0 Å². The Balaban J connectivity index is 2.37. The van der Waals surface area contributed by atoms with E-state index in [-0.39, 0.29) is 0 Å². The first kappa shape index (κ1) is 11.1. The molecule has 0 atom stereocenters. The SMILES string of the molecule is COCCc1nnnn1CCCCN. The summed E-state index contributed by atoms with van der Waals surface area (Å²) in [6, 6.07) is 0. The second-order valence-electron chi connectivity index (χ2n) is 3.06. The van der Waals surface area contributed by atoms with Crippen molar-refractivity contribution >= 4 is 0 Å². The molecule has 80 valence electrons. The molecule has 0 radical (unpaired) electrons. The van der Waals surface area contributed by atoms with Crippen molar-refractivity contribution in [3.8, 4) is 0 Å². The smallest absolute Gasteiger partial charge is 0.153 e. The first-order chi connectivity index (χ1) is 6.88. The second-order valence-corrected chi connectivity index (χ2v) is 3.06. The van der Waals surface area contributed by atoms with Gasteiger partial charge in [0.05, 0.1) is 6.61 Å². The van der Waals surface area contributed by atoms with Crippen LogP contribution in [-0.4, -0.2) is 40.5 Å². The minimum absolute atomic E-state index is 0.650. The summed E-state index contributed by atoms with van der Waals surface area (Å²) >= 11 is 0. The van der Waals surface area contributed by atoms with Gasteiger partial charge in [-0.15, -0.1) is 5.10 Å². The molecule has 0 aliphatic rings. The summed E-state index contributed by atoms with van der Waals surface area (Å²) in [5.41, 5.74) is 5.41. The molecule has 1 aromatic rings. The number of aryl methyl sites for hydroxylation is 1. The maximum absolute atomic E-state index is 5.41. The van der Waals surface area contributed by atoms with Crippen LogP contribution in [0.25, 0.3) is 0 Å². The average Bonchev–Trinajstić information content (AvgIpc) is 2.63. The monoisotopic (exact) mass is 199 g/mol. The van der Waals surface area contributed by atoms with Crippen LogP contribution in [0.4, 0.5) is 0 Å². The summed E-state index contributed by atoms with van der Waals surface area (Å²) in [6.45, 7) is 2.20. The number of hydrogen-bond donors (Lipinski definition) is 1. The third-order valence-corrected chi connectivity index (χ3v) is 1.96. The molecule has 14 heavy (non-hydrogen) atoms. The van der Waals surface area contributed by atoms with Gasteiger partial charge in [-0.3, -0.25) is 0 Å². The summed E-state index contributed by atoms with van der Waals surface area (Å²) in [4.78, 5) is 0. The van der Waals surface area contributed by atoms with E-state index >= 15 is 0 Å². The van der Waals surface area contributed by atoms with Gasteiger partial charge >= 0.3 is 0 Å². The van der Waals surface area contributed by atoms with E-state index in [0.29, 0.717) is 6.61 Å². The molecule has 6 heteroatoms. The van der Waals surface area contributed by atoms with Gasteiger partial charge in [0, 0.05) is 20.1 Å². The summed E-state index contributed by atoms with van der Waals surface area (Å²) in [6.07, 6.45) is 2.78. The molecule has 0 fully saturated rings. The fourth-order valence-corrected chi connectivity index (χ4v) is 1.18. The Kier molecular flexibility index (Phi) is 5.09. The highest BCUT2D eigenvalue weighted by Crippen LogP contribution is 1.97. The molecule has 1 rings (SSSR count). The zero-order valence-corrected chi connectivity index (χ0v) is 8.52. The molecular weight excluding hydrogens is 182 g/mol. The highest BCUT2D eigenvalue weighted by atomic mass is 16.5. The number of ether oxygens (including phenoxy) is 1. The van der Waals surface area contributed by atoms with Gasteiger partial charge in [0.25, 0.3) is 0 Å². The number of tetrazole rings is 1.